The summed E-state index contributed by atoms with van der Waals surface area (Å²) in [5, 5.41) is 3.47. The van der Waals surface area contributed by atoms with Crippen LogP contribution < -0.4 is 5.32 Å². The van der Waals surface area contributed by atoms with Gasteiger partial charge in [-0.05, 0) is 41.3 Å². The molecule has 6 heteroatoms. The van der Waals surface area contributed by atoms with Crippen LogP contribution in [0.1, 0.15) is 40.4 Å². The van der Waals surface area contributed by atoms with Crippen molar-refractivity contribution in [2.24, 2.45) is 5.92 Å². The minimum Gasteiger partial charge on any atom is -0.462 e. The largest absolute Gasteiger partial charge is 0.462 e. The Labute approximate surface area is 212 Å². The molecule has 0 spiro atoms. The highest BCUT2D eigenvalue weighted by Crippen LogP contribution is 2.38. The number of rotatable bonds is 6. The summed E-state index contributed by atoms with van der Waals surface area (Å²) in [6.07, 6.45) is 0. The SMILES string of the molecule is CCOC(=O)c1ccc(-c2ccccc2[C@@H]2CNC[C@H]2C(=O)N2CCOC[C@@H]2c2ccccc2)cc1. The molecule has 0 aromatic heterocycles. The van der Waals surface area contributed by atoms with Crippen LogP contribution in [0, 0.1) is 5.92 Å². The maximum Gasteiger partial charge on any atom is 0.338 e. The van der Waals surface area contributed by atoms with E-state index in [-0.39, 0.29) is 29.8 Å². The fraction of sp³-hybridized carbons (Fsp3) is 0.333. The van der Waals surface area contributed by atoms with E-state index in [9.17, 15) is 9.59 Å². The molecular weight excluding hydrogens is 452 g/mol. The highest BCUT2D eigenvalue weighted by molar-refractivity contribution is 5.90. The van der Waals surface area contributed by atoms with Crippen LogP contribution in [-0.2, 0) is 14.3 Å². The van der Waals surface area contributed by atoms with Gasteiger partial charge in [-0.1, -0.05) is 66.7 Å². The monoisotopic (exact) mass is 484 g/mol. The van der Waals surface area contributed by atoms with Crippen LogP contribution in [0.5, 0.6) is 0 Å². The maximum absolute atomic E-state index is 14.0. The predicted molar refractivity (Wildman–Crippen MR) is 139 cm³/mol. The van der Waals surface area contributed by atoms with Crippen LogP contribution in [-0.4, -0.2) is 56.2 Å². The van der Waals surface area contributed by atoms with Crippen LogP contribution in [0.15, 0.2) is 78.9 Å². The van der Waals surface area contributed by atoms with Gasteiger partial charge in [0.05, 0.1) is 37.3 Å². The zero-order valence-corrected chi connectivity index (χ0v) is 20.6. The number of benzene rings is 3. The fourth-order valence-electron chi connectivity index (χ4n) is 5.38. The van der Waals surface area contributed by atoms with Crippen molar-refractivity contribution >= 4 is 11.9 Å². The van der Waals surface area contributed by atoms with E-state index in [1.54, 1.807) is 19.1 Å². The Hall–Kier alpha value is -3.48. The summed E-state index contributed by atoms with van der Waals surface area (Å²) in [5.41, 5.74) is 4.89. The summed E-state index contributed by atoms with van der Waals surface area (Å²) >= 11 is 0. The van der Waals surface area contributed by atoms with Gasteiger partial charge in [0.15, 0.2) is 0 Å². The lowest BCUT2D eigenvalue weighted by Crippen LogP contribution is -2.47. The number of nitrogens with one attached hydrogen (secondary N) is 1. The minimum absolute atomic E-state index is 0.0534. The fourth-order valence-corrected chi connectivity index (χ4v) is 5.38. The first-order valence-electron chi connectivity index (χ1n) is 12.7. The third kappa shape index (κ3) is 4.92. The first-order chi connectivity index (χ1) is 17.7. The van der Waals surface area contributed by atoms with Gasteiger partial charge in [0.25, 0.3) is 0 Å². The second-order valence-corrected chi connectivity index (χ2v) is 9.29. The smallest absolute Gasteiger partial charge is 0.338 e. The number of carbonyl (C=O) groups is 2. The van der Waals surface area contributed by atoms with Crippen molar-refractivity contribution < 1.29 is 19.1 Å². The van der Waals surface area contributed by atoms with Crippen molar-refractivity contribution in [1.29, 1.82) is 0 Å². The quantitative estimate of drug-likeness (QED) is 0.524. The summed E-state index contributed by atoms with van der Waals surface area (Å²) in [6, 6.07) is 25.9. The third-order valence-electron chi connectivity index (χ3n) is 7.19. The van der Waals surface area contributed by atoms with Crippen LogP contribution in [0.4, 0.5) is 0 Å². The normalized spacial score (nSPS) is 21.8. The van der Waals surface area contributed by atoms with E-state index in [0.29, 0.717) is 38.5 Å². The molecule has 0 aliphatic carbocycles. The molecule has 3 aromatic carbocycles. The second-order valence-electron chi connectivity index (χ2n) is 9.29. The Kier molecular flexibility index (Phi) is 7.44. The number of ether oxygens (including phenoxy) is 2. The molecule has 0 bridgehead atoms. The van der Waals surface area contributed by atoms with Gasteiger partial charge in [0, 0.05) is 25.6 Å². The molecule has 2 aliphatic heterocycles. The molecule has 2 saturated heterocycles. The van der Waals surface area contributed by atoms with Crippen molar-refractivity contribution in [2.75, 3.05) is 39.5 Å². The molecule has 2 heterocycles. The van der Waals surface area contributed by atoms with E-state index in [2.05, 4.69) is 29.6 Å². The van der Waals surface area contributed by atoms with Crippen molar-refractivity contribution in [3.8, 4) is 11.1 Å². The predicted octanol–water partition coefficient (Wildman–Crippen LogP) is 4.43. The first kappa shape index (κ1) is 24.2. The zero-order chi connectivity index (χ0) is 24.9. The Morgan fingerprint density at radius 3 is 2.50 bits per heavy atom. The van der Waals surface area contributed by atoms with Crippen LogP contribution in [0.25, 0.3) is 11.1 Å². The highest BCUT2D eigenvalue weighted by atomic mass is 16.5. The molecule has 3 aromatic rings. The van der Waals surface area contributed by atoms with Crippen molar-refractivity contribution in [3.05, 3.63) is 95.6 Å². The second kappa shape index (κ2) is 11.1. The van der Waals surface area contributed by atoms with Gasteiger partial charge in [0.1, 0.15) is 0 Å². The molecule has 1 amide bonds. The first-order valence-corrected chi connectivity index (χ1v) is 12.7. The van der Waals surface area contributed by atoms with Gasteiger partial charge >= 0.3 is 5.97 Å². The van der Waals surface area contributed by atoms with Crippen LogP contribution in [0.3, 0.4) is 0 Å². The van der Waals surface area contributed by atoms with Gasteiger partial charge in [-0.15, -0.1) is 0 Å². The average Bonchev–Trinajstić information content (AvgIpc) is 3.43. The third-order valence-corrected chi connectivity index (χ3v) is 7.19. The van der Waals surface area contributed by atoms with E-state index in [0.717, 1.165) is 28.8 Å². The molecule has 2 fully saturated rings. The van der Waals surface area contributed by atoms with Crippen LogP contribution in [0.2, 0.25) is 0 Å². The van der Waals surface area contributed by atoms with E-state index in [1.807, 2.05) is 47.4 Å². The number of esters is 1. The lowest BCUT2D eigenvalue weighted by Gasteiger charge is -2.38. The Bertz CT molecular complexity index is 1200. The zero-order valence-electron chi connectivity index (χ0n) is 20.6. The Morgan fingerprint density at radius 2 is 1.72 bits per heavy atom. The highest BCUT2D eigenvalue weighted by Gasteiger charge is 2.40. The molecule has 36 heavy (non-hydrogen) atoms. The topological polar surface area (TPSA) is 67.9 Å². The van der Waals surface area contributed by atoms with E-state index in [1.165, 1.54) is 0 Å². The van der Waals surface area contributed by atoms with E-state index >= 15 is 0 Å². The van der Waals surface area contributed by atoms with E-state index in [4.69, 9.17) is 9.47 Å². The van der Waals surface area contributed by atoms with Gasteiger partial charge in [-0.2, -0.15) is 0 Å². The molecule has 1 N–H and O–H groups in total. The molecular formula is C30H32N2O4. The molecule has 3 atom stereocenters. The van der Waals surface area contributed by atoms with Crippen molar-refractivity contribution in [3.63, 3.8) is 0 Å². The minimum atomic E-state index is -0.318. The average molecular weight is 485 g/mol. The maximum atomic E-state index is 14.0. The molecule has 0 radical (unpaired) electrons. The molecule has 0 saturated carbocycles. The van der Waals surface area contributed by atoms with Gasteiger partial charge in [0.2, 0.25) is 5.91 Å². The van der Waals surface area contributed by atoms with Crippen molar-refractivity contribution in [2.45, 2.75) is 18.9 Å². The Morgan fingerprint density at radius 1 is 0.972 bits per heavy atom. The number of amides is 1. The summed E-state index contributed by atoms with van der Waals surface area (Å²) in [5.74, 6) is -0.247. The molecule has 5 rings (SSSR count). The lowest BCUT2D eigenvalue weighted by molar-refractivity contribution is -0.144. The standard InChI is InChI=1S/C30H32N2O4/c1-2-36-30(34)23-14-12-21(13-15-23)24-10-6-7-11-25(24)26-18-31-19-27(26)29(33)32-16-17-35-20-28(32)22-8-4-3-5-9-22/h3-15,26-28,31H,2,16-20H2,1H3/t26-,27+,28+/m0/s1. The van der Waals surface area contributed by atoms with Gasteiger partial charge in [-0.3, -0.25) is 4.79 Å². The number of hydrogen-bond acceptors (Lipinski definition) is 5. The van der Waals surface area contributed by atoms with E-state index < -0.39 is 0 Å². The molecule has 186 valence electrons. The van der Waals surface area contributed by atoms with Gasteiger partial charge < -0.3 is 19.7 Å². The molecule has 2 aliphatic rings. The number of hydrogen-bond donors (Lipinski definition) is 1. The van der Waals surface area contributed by atoms with Crippen molar-refractivity contribution in [1.82, 2.24) is 10.2 Å². The van der Waals surface area contributed by atoms with Crippen LogP contribution >= 0.6 is 0 Å². The number of nitrogens with zero attached hydrogens (tertiary/aromatic N) is 1. The number of carbonyl (C=O) groups excluding carboxylic acids is 2. The summed E-state index contributed by atoms with van der Waals surface area (Å²) in [6.45, 7) is 5.22. The summed E-state index contributed by atoms with van der Waals surface area (Å²) < 4.78 is 10.9. The lowest BCUT2D eigenvalue weighted by atomic mass is 9.83. The Balaban J connectivity index is 1.42. The summed E-state index contributed by atoms with van der Waals surface area (Å²) in [7, 11) is 0. The molecule has 0 unspecified atom stereocenters. The van der Waals surface area contributed by atoms with Gasteiger partial charge in [-0.25, -0.2) is 4.79 Å². The molecule has 6 nitrogen and oxygen atoms in total. The summed E-state index contributed by atoms with van der Waals surface area (Å²) in [4.78, 5) is 28.1. The number of morpholine rings is 1.